The molecule has 0 saturated carbocycles. The monoisotopic (exact) mass is 219 g/mol. The zero-order valence-electron chi connectivity index (χ0n) is 8.39. The summed E-state index contributed by atoms with van der Waals surface area (Å²) >= 11 is 1.76. The number of nitrogens with one attached hydrogen (secondary N) is 1. The highest BCUT2D eigenvalue weighted by atomic mass is 32.2. The van der Waals surface area contributed by atoms with Gasteiger partial charge in [0.15, 0.2) is 5.16 Å². The van der Waals surface area contributed by atoms with Crippen molar-refractivity contribution in [3.8, 4) is 0 Å². The topological polar surface area (TPSA) is 41.6 Å². The fourth-order valence-electron chi connectivity index (χ4n) is 1.32. The number of rotatable bonds is 5. The maximum Gasteiger partial charge on any atom is 0.165 e. The Hall–Kier alpha value is -1.29. The Bertz CT molecular complexity index is 372. The van der Waals surface area contributed by atoms with Gasteiger partial charge >= 0.3 is 0 Å². The van der Waals surface area contributed by atoms with Crippen molar-refractivity contribution in [2.45, 2.75) is 18.0 Å². The molecule has 0 aliphatic heterocycles. The molecular weight excluding hydrogens is 206 g/mol. The molecule has 1 N–H and O–H groups in total. The number of aromatic amines is 1. The van der Waals surface area contributed by atoms with Crippen molar-refractivity contribution in [1.82, 2.24) is 15.0 Å². The van der Waals surface area contributed by atoms with Crippen LogP contribution in [0.5, 0.6) is 0 Å². The molecule has 0 atom stereocenters. The molecule has 0 aliphatic carbocycles. The fraction of sp³-hybridized carbons (Fsp3) is 0.273. The van der Waals surface area contributed by atoms with E-state index in [1.807, 2.05) is 18.6 Å². The number of pyridine rings is 1. The molecule has 0 spiro atoms. The van der Waals surface area contributed by atoms with Crippen LogP contribution in [-0.2, 0) is 6.42 Å². The fourth-order valence-corrected chi connectivity index (χ4v) is 2.09. The van der Waals surface area contributed by atoms with E-state index >= 15 is 0 Å². The van der Waals surface area contributed by atoms with Gasteiger partial charge in [0, 0.05) is 30.5 Å². The molecule has 0 aromatic carbocycles. The summed E-state index contributed by atoms with van der Waals surface area (Å²) < 4.78 is 0. The van der Waals surface area contributed by atoms with E-state index in [0.717, 1.165) is 23.8 Å². The highest BCUT2D eigenvalue weighted by molar-refractivity contribution is 7.99. The second-order valence-corrected chi connectivity index (χ2v) is 4.29. The number of nitrogens with zero attached hydrogens (tertiary/aromatic N) is 2. The van der Waals surface area contributed by atoms with Gasteiger partial charge in [0.1, 0.15) is 0 Å². The van der Waals surface area contributed by atoms with Crippen molar-refractivity contribution in [2.75, 3.05) is 5.75 Å². The lowest BCUT2D eigenvalue weighted by Crippen LogP contribution is -1.88. The standard InChI is InChI=1S/C11H13N3S/c1(2-10-3-5-12-6-4-10)9-15-11-13-7-8-14-11/h3-8H,1-2,9H2,(H,13,14). The Balaban J connectivity index is 1.68. The van der Waals surface area contributed by atoms with Gasteiger partial charge in [0.25, 0.3) is 0 Å². The summed E-state index contributed by atoms with van der Waals surface area (Å²) in [5.41, 5.74) is 1.35. The quantitative estimate of drug-likeness (QED) is 0.620. The molecular formula is C11H13N3S. The molecule has 0 radical (unpaired) electrons. The van der Waals surface area contributed by atoms with E-state index < -0.39 is 0 Å². The third-order valence-corrected chi connectivity index (χ3v) is 3.06. The molecule has 0 saturated heterocycles. The lowest BCUT2D eigenvalue weighted by atomic mass is 10.2. The largest absolute Gasteiger partial charge is 0.340 e. The molecule has 0 fully saturated rings. The normalized spacial score (nSPS) is 10.4. The molecule has 0 unspecified atom stereocenters. The van der Waals surface area contributed by atoms with Gasteiger partial charge in [0.05, 0.1) is 0 Å². The first kappa shape index (κ1) is 10.2. The first-order valence-corrected chi connectivity index (χ1v) is 5.95. The van der Waals surface area contributed by atoms with Crippen molar-refractivity contribution < 1.29 is 0 Å². The highest BCUT2D eigenvalue weighted by Crippen LogP contribution is 2.14. The Kier molecular flexibility index (Phi) is 3.79. The first-order valence-electron chi connectivity index (χ1n) is 4.96. The van der Waals surface area contributed by atoms with Crippen molar-refractivity contribution in [2.24, 2.45) is 0 Å². The Labute approximate surface area is 93.4 Å². The van der Waals surface area contributed by atoms with Gasteiger partial charge in [-0.3, -0.25) is 4.98 Å². The van der Waals surface area contributed by atoms with Crippen LogP contribution in [0.15, 0.2) is 42.1 Å². The van der Waals surface area contributed by atoms with Crippen LogP contribution in [0.2, 0.25) is 0 Å². The van der Waals surface area contributed by atoms with Crippen molar-refractivity contribution in [1.29, 1.82) is 0 Å². The molecule has 0 bridgehead atoms. The van der Waals surface area contributed by atoms with Crippen LogP contribution in [0.1, 0.15) is 12.0 Å². The molecule has 2 aromatic rings. The minimum atomic E-state index is 1.00. The predicted octanol–water partition coefficient (Wildman–Crippen LogP) is 2.53. The Morgan fingerprint density at radius 3 is 2.80 bits per heavy atom. The van der Waals surface area contributed by atoms with Crippen molar-refractivity contribution in [3.05, 3.63) is 42.5 Å². The third kappa shape index (κ3) is 3.40. The minimum Gasteiger partial charge on any atom is -0.340 e. The van der Waals surface area contributed by atoms with Crippen LogP contribution in [0.25, 0.3) is 0 Å². The molecule has 4 heteroatoms. The maximum atomic E-state index is 4.16. The zero-order chi connectivity index (χ0) is 10.3. The van der Waals surface area contributed by atoms with Crippen LogP contribution in [0.4, 0.5) is 0 Å². The number of thioether (sulfide) groups is 1. The molecule has 0 aliphatic rings. The van der Waals surface area contributed by atoms with Gasteiger partial charge in [-0.1, -0.05) is 11.8 Å². The predicted molar refractivity (Wildman–Crippen MR) is 61.9 cm³/mol. The number of imidazole rings is 1. The van der Waals surface area contributed by atoms with Crippen LogP contribution in [-0.4, -0.2) is 20.7 Å². The third-order valence-electron chi connectivity index (χ3n) is 2.07. The molecule has 15 heavy (non-hydrogen) atoms. The molecule has 2 heterocycles. The average Bonchev–Trinajstić information content (AvgIpc) is 2.79. The summed E-state index contributed by atoms with van der Waals surface area (Å²) in [7, 11) is 0. The number of hydrogen-bond acceptors (Lipinski definition) is 3. The van der Waals surface area contributed by atoms with Crippen LogP contribution >= 0.6 is 11.8 Å². The zero-order valence-corrected chi connectivity index (χ0v) is 9.20. The number of H-pyrrole nitrogens is 1. The highest BCUT2D eigenvalue weighted by Gasteiger charge is 1.96. The summed E-state index contributed by atoms with van der Waals surface area (Å²) in [6, 6.07) is 4.13. The summed E-state index contributed by atoms with van der Waals surface area (Å²) in [6.45, 7) is 0. The number of aromatic nitrogens is 3. The van der Waals surface area contributed by atoms with E-state index in [2.05, 4.69) is 27.1 Å². The van der Waals surface area contributed by atoms with Crippen LogP contribution in [0.3, 0.4) is 0 Å². The SMILES string of the molecule is c1cc(CCCSc2ncc[nH]2)ccn1. The minimum absolute atomic E-state index is 1.00. The number of hydrogen-bond donors (Lipinski definition) is 1. The second kappa shape index (κ2) is 5.56. The van der Waals surface area contributed by atoms with Gasteiger partial charge in [-0.15, -0.1) is 0 Å². The summed E-state index contributed by atoms with van der Waals surface area (Å²) in [5.74, 6) is 1.09. The van der Waals surface area contributed by atoms with Gasteiger partial charge in [0.2, 0.25) is 0 Å². The lowest BCUT2D eigenvalue weighted by molar-refractivity contribution is 0.924. The first-order chi connectivity index (χ1) is 7.45. The molecule has 2 aromatic heterocycles. The van der Waals surface area contributed by atoms with Gasteiger partial charge in [-0.2, -0.15) is 0 Å². The second-order valence-electron chi connectivity index (χ2n) is 3.20. The number of aryl methyl sites for hydroxylation is 1. The van der Waals surface area contributed by atoms with E-state index in [1.165, 1.54) is 5.56 Å². The van der Waals surface area contributed by atoms with E-state index in [9.17, 15) is 0 Å². The van der Waals surface area contributed by atoms with Crippen molar-refractivity contribution in [3.63, 3.8) is 0 Å². The van der Waals surface area contributed by atoms with Gasteiger partial charge in [-0.05, 0) is 30.5 Å². The average molecular weight is 219 g/mol. The van der Waals surface area contributed by atoms with Crippen LogP contribution in [0, 0.1) is 0 Å². The smallest absolute Gasteiger partial charge is 0.165 e. The molecule has 0 amide bonds. The van der Waals surface area contributed by atoms with Gasteiger partial charge < -0.3 is 4.98 Å². The van der Waals surface area contributed by atoms with Gasteiger partial charge in [-0.25, -0.2) is 4.98 Å². The summed E-state index contributed by atoms with van der Waals surface area (Å²) in [6.07, 6.45) is 9.59. The summed E-state index contributed by atoms with van der Waals surface area (Å²) in [4.78, 5) is 11.2. The Morgan fingerprint density at radius 1 is 1.20 bits per heavy atom. The lowest BCUT2D eigenvalue weighted by Gasteiger charge is -1.99. The summed E-state index contributed by atoms with van der Waals surface area (Å²) in [5, 5.41) is 1.00. The molecule has 2 rings (SSSR count). The maximum absolute atomic E-state index is 4.16. The van der Waals surface area contributed by atoms with E-state index in [-0.39, 0.29) is 0 Å². The van der Waals surface area contributed by atoms with E-state index in [1.54, 1.807) is 18.0 Å². The molecule has 3 nitrogen and oxygen atoms in total. The van der Waals surface area contributed by atoms with Crippen LogP contribution < -0.4 is 0 Å². The Morgan fingerprint density at radius 2 is 2.07 bits per heavy atom. The molecule has 78 valence electrons. The van der Waals surface area contributed by atoms with E-state index in [4.69, 9.17) is 0 Å². The van der Waals surface area contributed by atoms with E-state index in [0.29, 0.717) is 0 Å². The van der Waals surface area contributed by atoms with Crippen molar-refractivity contribution >= 4 is 11.8 Å².